The molecule has 0 atom stereocenters. The van der Waals surface area contributed by atoms with Crippen molar-refractivity contribution in [3.63, 3.8) is 0 Å². The van der Waals surface area contributed by atoms with Gasteiger partial charge in [-0.2, -0.15) is 13.2 Å². The van der Waals surface area contributed by atoms with Gasteiger partial charge in [0.2, 0.25) is 0 Å². The number of carbonyl (C=O) groups is 1. The average Bonchev–Trinajstić information content (AvgIpc) is 2.38. The van der Waals surface area contributed by atoms with E-state index in [9.17, 15) is 18.0 Å². The van der Waals surface area contributed by atoms with E-state index < -0.39 is 17.6 Å². The fourth-order valence-electron chi connectivity index (χ4n) is 1.60. The topological polar surface area (TPSA) is 42.0 Å². The number of pyridine rings is 1. The van der Waals surface area contributed by atoms with Crippen molar-refractivity contribution in [2.75, 3.05) is 5.32 Å². The van der Waals surface area contributed by atoms with E-state index in [4.69, 9.17) is 0 Å². The van der Waals surface area contributed by atoms with E-state index in [0.717, 1.165) is 17.7 Å². The molecule has 6 heteroatoms. The second kappa shape index (κ2) is 5.32. The summed E-state index contributed by atoms with van der Waals surface area (Å²) >= 11 is 0. The number of alkyl halides is 3. The van der Waals surface area contributed by atoms with Crippen LogP contribution < -0.4 is 5.32 Å². The lowest BCUT2D eigenvalue weighted by atomic mass is 10.2. The highest BCUT2D eigenvalue weighted by atomic mass is 19.4. The summed E-state index contributed by atoms with van der Waals surface area (Å²) < 4.78 is 37.2. The number of aromatic nitrogens is 1. The summed E-state index contributed by atoms with van der Waals surface area (Å²) in [5.74, 6) is -0.464. The molecule has 0 bridgehead atoms. The first kappa shape index (κ1) is 14.0. The van der Waals surface area contributed by atoms with Gasteiger partial charge in [-0.3, -0.25) is 9.78 Å². The molecule has 0 radical (unpaired) electrons. The summed E-state index contributed by atoms with van der Waals surface area (Å²) in [4.78, 5) is 15.8. The van der Waals surface area contributed by atoms with Gasteiger partial charge < -0.3 is 5.32 Å². The second-order valence-corrected chi connectivity index (χ2v) is 4.25. The van der Waals surface area contributed by atoms with E-state index in [1.165, 1.54) is 18.3 Å². The molecular formula is C14H11F3N2O. The van der Waals surface area contributed by atoms with E-state index in [-0.39, 0.29) is 11.4 Å². The molecule has 1 amide bonds. The van der Waals surface area contributed by atoms with Gasteiger partial charge in [0.05, 0.1) is 5.56 Å². The Kier molecular flexibility index (Phi) is 3.74. The summed E-state index contributed by atoms with van der Waals surface area (Å²) in [6, 6.07) is 7.58. The first-order chi connectivity index (χ1) is 9.36. The van der Waals surface area contributed by atoms with Gasteiger partial charge >= 0.3 is 6.18 Å². The minimum absolute atomic E-state index is 0.213. The summed E-state index contributed by atoms with van der Waals surface area (Å²) in [7, 11) is 0. The van der Waals surface area contributed by atoms with Crippen molar-refractivity contribution < 1.29 is 18.0 Å². The third-order valence-electron chi connectivity index (χ3n) is 2.62. The molecule has 0 unspecified atom stereocenters. The fraction of sp³-hybridized carbons (Fsp3) is 0.143. The summed E-state index contributed by atoms with van der Waals surface area (Å²) in [6.07, 6.45) is -2.89. The minimum Gasteiger partial charge on any atom is -0.321 e. The van der Waals surface area contributed by atoms with Gasteiger partial charge in [0.25, 0.3) is 5.91 Å². The smallest absolute Gasteiger partial charge is 0.321 e. The SMILES string of the molecule is Cc1ccnc(C(=O)Nc2ccc(C(F)(F)F)cc2)c1. The van der Waals surface area contributed by atoms with Crippen molar-refractivity contribution in [2.24, 2.45) is 0 Å². The van der Waals surface area contributed by atoms with Gasteiger partial charge in [0.1, 0.15) is 5.69 Å². The van der Waals surface area contributed by atoms with Crippen LogP contribution in [-0.4, -0.2) is 10.9 Å². The Hall–Kier alpha value is -2.37. The molecule has 2 rings (SSSR count). The van der Waals surface area contributed by atoms with Crippen molar-refractivity contribution in [3.8, 4) is 0 Å². The normalized spacial score (nSPS) is 11.2. The maximum atomic E-state index is 12.4. The van der Waals surface area contributed by atoms with Crippen LogP contribution in [0.15, 0.2) is 42.6 Å². The Labute approximate surface area is 113 Å². The van der Waals surface area contributed by atoms with E-state index in [1.807, 2.05) is 6.92 Å². The summed E-state index contributed by atoms with van der Waals surface area (Å²) in [5, 5.41) is 2.50. The largest absolute Gasteiger partial charge is 0.416 e. The zero-order valence-electron chi connectivity index (χ0n) is 10.5. The summed E-state index contributed by atoms with van der Waals surface area (Å²) in [6.45, 7) is 1.82. The number of rotatable bonds is 2. The van der Waals surface area contributed by atoms with Crippen molar-refractivity contribution in [1.29, 1.82) is 0 Å². The second-order valence-electron chi connectivity index (χ2n) is 4.25. The van der Waals surface area contributed by atoms with Crippen LogP contribution >= 0.6 is 0 Å². The number of anilines is 1. The van der Waals surface area contributed by atoms with Crippen LogP contribution in [0.2, 0.25) is 0 Å². The first-order valence-corrected chi connectivity index (χ1v) is 5.77. The molecular weight excluding hydrogens is 269 g/mol. The van der Waals surface area contributed by atoms with Crippen LogP contribution in [0, 0.1) is 6.92 Å². The number of amides is 1. The lowest BCUT2D eigenvalue weighted by Gasteiger charge is -2.08. The molecule has 0 aliphatic carbocycles. The highest BCUT2D eigenvalue weighted by molar-refractivity contribution is 6.02. The molecule has 0 saturated heterocycles. The molecule has 1 N–H and O–H groups in total. The Balaban J connectivity index is 2.12. The van der Waals surface area contributed by atoms with Crippen molar-refractivity contribution in [1.82, 2.24) is 4.98 Å². The third kappa shape index (κ3) is 3.34. The number of hydrogen-bond acceptors (Lipinski definition) is 2. The number of benzene rings is 1. The molecule has 104 valence electrons. The Morgan fingerprint density at radius 2 is 1.80 bits per heavy atom. The van der Waals surface area contributed by atoms with Crippen LogP contribution in [-0.2, 0) is 6.18 Å². The lowest BCUT2D eigenvalue weighted by Crippen LogP contribution is -2.14. The zero-order valence-corrected chi connectivity index (χ0v) is 10.5. The molecule has 3 nitrogen and oxygen atoms in total. The van der Waals surface area contributed by atoms with Gasteiger partial charge in [-0.15, -0.1) is 0 Å². The number of aryl methyl sites for hydroxylation is 1. The fourth-order valence-corrected chi connectivity index (χ4v) is 1.60. The number of carbonyl (C=O) groups excluding carboxylic acids is 1. The Morgan fingerprint density at radius 3 is 2.35 bits per heavy atom. The van der Waals surface area contributed by atoms with Gasteiger partial charge in [-0.05, 0) is 48.9 Å². The molecule has 20 heavy (non-hydrogen) atoms. The van der Waals surface area contributed by atoms with Crippen molar-refractivity contribution >= 4 is 11.6 Å². The number of hydrogen-bond donors (Lipinski definition) is 1. The highest BCUT2D eigenvalue weighted by Gasteiger charge is 2.29. The van der Waals surface area contributed by atoms with E-state index in [2.05, 4.69) is 10.3 Å². The average molecular weight is 280 g/mol. The predicted molar refractivity (Wildman–Crippen MR) is 68.4 cm³/mol. The summed E-state index contributed by atoms with van der Waals surface area (Å²) in [5.41, 5.74) is 0.609. The van der Waals surface area contributed by atoms with Crippen LogP contribution in [0.1, 0.15) is 21.6 Å². The standard InChI is InChI=1S/C14H11F3N2O/c1-9-6-7-18-12(8-9)13(20)19-11-4-2-10(3-5-11)14(15,16)17/h2-8H,1H3,(H,19,20). The maximum Gasteiger partial charge on any atom is 0.416 e. The maximum absolute atomic E-state index is 12.4. The molecule has 1 aromatic heterocycles. The van der Waals surface area contributed by atoms with E-state index in [0.29, 0.717) is 0 Å². The van der Waals surface area contributed by atoms with E-state index >= 15 is 0 Å². The van der Waals surface area contributed by atoms with Gasteiger partial charge in [-0.1, -0.05) is 0 Å². The quantitative estimate of drug-likeness (QED) is 0.912. The minimum atomic E-state index is -4.39. The van der Waals surface area contributed by atoms with Crippen LogP contribution in [0.3, 0.4) is 0 Å². The predicted octanol–water partition coefficient (Wildman–Crippen LogP) is 3.66. The van der Waals surface area contributed by atoms with Gasteiger partial charge in [0.15, 0.2) is 0 Å². The van der Waals surface area contributed by atoms with Crippen LogP contribution in [0.25, 0.3) is 0 Å². The zero-order chi connectivity index (χ0) is 14.8. The molecule has 1 aromatic carbocycles. The van der Waals surface area contributed by atoms with Crippen LogP contribution in [0.4, 0.5) is 18.9 Å². The third-order valence-corrected chi connectivity index (χ3v) is 2.62. The van der Waals surface area contributed by atoms with Crippen LogP contribution in [0.5, 0.6) is 0 Å². The number of nitrogens with one attached hydrogen (secondary N) is 1. The molecule has 0 fully saturated rings. The molecule has 0 spiro atoms. The van der Waals surface area contributed by atoms with Gasteiger partial charge in [-0.25, -0.2) is 0 Å². The molecule has 0 aliphatic heterocycles. The Morgan fingerprint density at radius 1 is 1.15 bits per heavy atom. The Bertz CT molecular complexity index is 621. The molecule has 0 saturated carbocycles. The molecule has 0 aliphatic rings. The highest BCUT2D eigenvalue weighted by Crippen LogP contribution is 2.29. The van der Waals surface area contributed by atoms with E-state index in [1.54, 1.807) is 12.1 Å². The first-order valence-electron chi connectivity index (χ1n) is 5.77. The molecule has 1 heterocycles. The van der Waals surface area contributed by atoms with Gasteiger partial charge in [0, 0.05) is 11.9 Å². The number of nitrogens with zero attached hydrogens (tertiary/aromatic N) is 1. The van der Waals surface area contributed by atoms with Crippen molar-refractivity contribution in [3.05, 3.63) is 59.4 Å². The lowest BCUT2D eigenvalue weighted by molar-refractivity contribution is -0.137. The molecule has 2 aromatic rings. The van der Waals surface area contributed by atoms with Crippen molar-refractivity contribution in [2.45, 2.75) is 13.1 Å². The monoisotopic (exact) mass is 280 g/mol. The number of halogens is 3.